The summed E-state index contributed by atoms with van der Waals surface area (Å²) in [5.41, 5.74) is -1.02. The van der Waals surface area contributed by atoms with Gasteiger partial charge in [0.2, 0.25) is 0 Å². The monoisotopic (exact) mass is 195 g/mol. The maximum absolute atomic E-state index is 11.6. The second-order valence-electron chi connectivity index (χ2n) is 3.16. The van der Waals surface area contributed by atoms with Gasteiger partial charge in [0.15, 0.2) is 5.41 Å². The maximum Gasteiger partial charge on any atom is 0.326 e. The van der Waals surface area contributed by atoms with E-state index in [4.69, 9.17) is 10.00 Å². The summed E-state index contributed by atoms with van der Waals surface area (Å²) in [6.07, 6.45) is 3.25. The first-order valence-electron chi connectivity index (χ1n) is 4.86. The molecule has 78 valence electrons. The number of hydrogen-bond donors (Lipinski definition) is 0. The van der Waals surface area contributed by atoms with Crippen molar-refractivity contribution in [1.29, 1.82) is 5.26 Å². The van der Waals surface area contributed by atoms with E-state index in [1.165, 1.54) is 0 Å². The second-order valence-corrected chi connectivity index (χ2v) is 3.16. The quantitative estimate of drug-likeness (QED) is 0.483. The van der Waals surface area contributed by atoms with Gasteiger partial charge in [-0.25, -0.2) is 0 Å². The Labute approximate surface area is 85.4 Å². The number of carbonyl (C=O) groups is 1. The topological polar surface area (TPSA) is 50.1 Å². The predicted molar refractivity (Wildman–Crippen MR) is 54.4 cm³/mol. The van der Waals surface area contributed by atoms with Gasteiger partial charge in [-0.05, 0) is 19.8 Å². The van der Waals surface area contributed by atoms with Crippen LogP contribution in [0.2, 0.25) is 0 Å². The molecule has 0 heterocycles. The van der Waals surface area contributed by atoms with Crippen molar-refractivity contribution in [3.8, 4) is 6.07 Å². The van der Waals surface area contributed by atoms with Gasteiger partial charge in [0.05, 0.1) is 12.7 Å². The Bertz CT molecular complexity index is 242. The fourth-order valence-corrected chi connectivity index (χ4v) is 1.38. The van der Waals surface area contributed by atoms with Crippen LogP contribution in [0.4, 0.5) is 0 Å². The molecule has 3 heteroatoms. The number of rotatable bonds is 6. The molecule has 1 unspecified atom stereocenters. The highest BCUT2D eigenvalue weighted by atomic mass is 16.5. The van der Waals surface area contributed by atoms with Crippen LogP contribution in [-0.4, -0.2) is 12.6 Å². The Morgan fingerprint density at radius 1 is 1.64 bits per heavy atom. The molecular formula is C11H17NO2. The second kappa shape index (κ2) is 6.20. The van der Waals surface area contributed by atoms with Crippen molar-refractivity contribution in [2.24, 2.45) is 5.41 Å². The normalized spacial score (nSPS) is 13.8. The molecule has 0 aromatic carbocycles. The molecule has 14 heavy (non-hydrogen) atoms. The first kappa shape index (κ1) is 12.7. The zero-order chi connectivity index (χ0) is 11.0. The number of esters is 1. The summed E-state index contributed by atoms with van der Waals surface area (Å²) < 4.78 is 4.89. The zero-order valence-corrected chi connectivity index (χ0v) is 8.88. The zero-order valence-electron chi connectivity index (χ0n) is 8.88. The number of ether oxygens (including phenoxy) is 1. The third-order valence-corrected chi connectivity index (χ3v) is 2.05. The summed E-state index contributed by atoms with van der Waals surface area (Å²) in [6, 6.07) is 2.06. The van der Waals surface area contributed by atoms with Crippen LogP contribution < -0.4 is 0 Å². The lowest BCUT2D eigenvalue weighted by molar-refractivity contribution is -0.152. The van der Waals surface area contributed by atoms with Crippen LogP contribution in [0.15, 0.2) is 12.7 Å². The molecule has 1 atom stereocenters. The lowest BCUT2D eigenvalue weighted by Gasteiger charge is -2.21. The number of hydrogen-bond acceptors (Lipinski definition) is 3. The van der Waals surface area contributed by atoms with Gasteiger partial charge in [-0.2, -0.15) is 5.26 Å². The number of nitrogens with zero attached hydrogens (tertiary/aromatic N) is 1. The summed E-state index contributed by atoms with van der Waals surface area (Å²) in [5.74, 6) is -0.427. The average molecular weight is 195 g/mol. The lowest BCUT2D eigenvalue weighted by Crippen LogP contribution is -2.31. The van der Waals surface area contributed by atoms with Crippen LogP contribution >= 0.6 is 0 Å². The van der Waals surface area contributed by atoms with Gasteiger partial charge in [-0.3, -0.25) is 4.79 Å². The van der Waals surface area contributed by atoms with E-state index in [0.29, 0.717) is 19.4 Å². The van der Waals surface area contributed by atoms with E-state index < -0.39 is 11.4 Å². The molecule has 0 saturated carbocycles. The van der Waals surface area contributed by atoms with Gasteiger partial charge in [0, 0.05) is 0 Å². The SMILES string of the molecule is C=CCC(C#N)(CCC)C(=O)OCC. The van der Waals surface area contributed by atoms with Crippen molar-refractivity contribution in [2.75, 3.05) is 6.61 Å². The third kappa shape index (κ3) is 2.88. The molecular weight excluding hydrogens is 178 g/mol. The van der Waals surface area contributed by atoms with Crippen LogP contribution in [0.3, 0.4) is 0 Å². The minimum absolute atomic E-state index is 0.309. The van der Waals surface area contributed by atoms with Crippen LogP contribution in [0, 0.1) is 16.7 Å². The molecule has 0 rings (SSSR count). The standard InChI is InChI=1S/C11H17NO2/c1-4-7-11(9-12,8-5-2)10(13)14-6-3/h4H,1,5-8H2,2-3H3. The van der Waals surface area contributed by atoms with E-state index in [1.54, 1.807) is 13.0 Å². The first-order chi connectivity index (χ1) is 6.66. The molecule has 0 amide bonds. The molecule has 0 spiro atoms. The maximum atomic E-state index is 11.6. The van der Waals surface area contributed by atoms with Crippen molar-refractivity contribution in [3.63, 3.8) is 0 Å². The molecule has 0 fully saturated rings. The van der Waals surface area contributed by atoms with Gasteiger partial charge in [-0.15, -0.1) is 6.58 Å². The van der Waals surface area contributed by atoms with Crippen LogP contribution in [-0.2, 0) is 9.53 Å². The molecule has 0 aromatic rings. The Hall–Kier alpha value is -1.30. The predicted octanol–water partition coefficient (Wildman–Crippen LogP) is 2.44. The van der Waals surface area contributed by atoms with Crippen molar-refractivity contribution >= 4 is 5.97 Å². The van der Waals surface area contributed by atoms with E-state index in [-0.39, 0.29) is 0 Å². The number of nitriles is 1. The highest BCUT2D eigenvalue weighted by Gasteiger charge is 2.38. The summed E-state index contributed by atoms with van der Waals surface area (Å²) in [7, 11) is 0. The van der Waals surface area contributed by atoms with Gasteiger partial charge < -0.3 is 4.74 Å². The van der Waals surface area contributed by atoms with Crippen LogP contribution in [0.5, 0.6) is 0 Å². The van der Waals surface area contributed by atoms with Crippen molar-refractivity contribution in [3.05, 3.63) is 12.7 Å². The molecule has 3 nitrogen and oxygen atoms in total. The van der Waals surface area contributed by atoms with E-state index in [1.807, 2.05) is 6.92 Å². The van der Waals surface area contributed by atoms with Gasteiger partial charge in [0.25, 0.3) is 0 Å². The van der Waals surface area contributed by atoms with Gasteiger partial charge in [-0.1, -0.05) is 19.4 Å². The largest absolute Gasteiger partial charge is 0.465 e. The van der Waals surface area contributed by atoms with E-state index in [0.717, 1.165) is 6.42 Å². The van der Waals surface area contributed by atoms with E-state index >= 15 is 0 Å². The van der Waals surface area contributed by atoms with Crippen LogP contribution in [0.25, 0.3) is 0 Å². The minimum Gasteiger partial charge on any atom is -0.465 e. The molecule has 0 bridgehead atoms. The van der Waals surface area contributed by atoms with Gasteiger partial charge >= 0.3 is 5.97 Å². The smallest absolute Gasteiger partial charge is 0.326 e. The van der Waals surface area contributed by atoms with Crippen LogP contribution in [0.1, 0.15) is 33.1 Å². The fourth-order valence-electron chi connectivity index (χ4n) is 1.38. The average Bonchev–Trinajstić information content (AvgIpc) is 2.17. The molecule has 0 aromatic heterocycles. The van der Waals surface area contributed by atoms with Crippen molar-refractivity contribution < 1.29 is 9.53 Å². The number of carbonyl (C=O) groups excluding carboxylic acids is 1. The highest BCUT2D eigenvalue weighted by molar-refractivity contribution is 5.80. The summed E-state index contributed by atoms with van der Waals surface area (Å²) in [4.78, 5) is 11.6. The molecule has 0 radical (unpaired) electrons. The summed E-state index contributed by atoms with van der Waals surface area (Å²) in [6.45, 7) is 7.54. The Balaban J connectivity index is 4.74. The number of allylic oxidation sites excluding steroid dienone is 1. The molecule has 0 saturated heterocycles. The lowest BCUT2D eigenvalue weighted by atomic mass is 9.82. The summed E-state index contributed by atoms with van der Waals surface area (Å²) >= 11 is 0. The molecule has 0 aliphatic heterocycles. The Kier molecular flexibility index (Phi) is 5.62. The van der Waals surface area contributed by atoms with Crippen molar-refractivity contribution in [1.82, 2.24) is 0 Å². The van der Waals surface area contributed by atoms with E-state index in [2.05, 4.69) is 12.6 Å². The first-order valence-corrected chi connectivity index (χ1v) is 4.86. The Morgan fingerprint density at radius 3 is 2.64 bits per heavy atom. The molecule has 0 N–H and O–H groups in total. The summed E-state index contributed by atoms with van der Waals surface area (Å²) in [5, 5.41) is 9.04. The minimum atomic E-state index is -1.02. The van der Waals surface area contributed by atoms with E-state index in [9.17, 15) is 4.79 Å². The highest BCUT2D eigenvalue weighted by Crippen LogP contribution is 2.29. The Morgan fingerprint density at radius 2 is 2.29 bits per heavy atom. The van der Waals surface area contributed by atoms with Crippen molar-refractivity contribution in [2.45, 2.75) is 33.1 Å². The third-order valence-electron chi connectivity index (χ3n) is 2.05. The molecule has 0 aliphatic rings. The molecule has 0 aliphatic carbocycles. The van der Waals surface area contributed by atoms with Gasteiger partial charge in [0.1, 0.15) is 0 Å². The fraction of sp³-hybridized carbons (Fsp3) is 0.636.